The second-order valence-corrected chi connectivity index (χ2v) is 5.22. The van der Waals surface area contributed by atoms with Gasteiger partial charge in [-0.05, 0) is 17.9 Å². The monoisotopic (exact) mass is 265 g/mol. The summed E-state index contributed by atoms with van der Waals surface area (Å²) in [7, 11) is 0. The molecule has 0 saturated carbocycles. The van der Waals surface area contributed by atoms with Gasteiger partial charge in [-0.2, -0.15) is 0 Å². The largest absolute Gasteiger partial charge is 0.481 e. The Morgan fingerprint density at radius 2 is 2.05 bits per heavy atom. The van der Waals surface area contributed by atoms with Crippen molar-refractivity contribution < 1.29 is 15.0 Å². The minimum atomic E-state index is -0.976. The molecule has 0 aliphatic carbocycles. The topological polar surface area (TPSA) is 86.5 Å². The third kappa shape index (κ3) is 3.01. The predicted octanol–water partition coefficient (Wildman–Crippen LogP) is 0.872. The highest BCUT2D eigenvalue weighted by molar-refractivity contribution is 5.72. The number of aliphatic carboxylic acids is 1. The van der Waals surface area contributed by atoms with Crippen LogP contribution in [-0.2, 0) is 4.79 Å². The number of hydrogen-bond donors (Lipinski definition) is 2. The van der Waals surface area contributed by atoms with Gasteiger partial charge in [0.15, 0.2) is 0 Å². The molecule has 1 aromatic heterocycles. The van der Waals surface area contributed by atoms with Crippen LogP contribution in [-0.4, -0.2) is 45.3 Å². The zero-order chi connectivity index (χ0) is 14.0. The van der Waals surface area contributed by atoms with Gasteiger partial charge in [-0.25, -0.2) is 9.97 Å². The van der Waals surface area contributed by atoms with Crippen LogP contribution in [0.25, 0.3) is 0 Å². The Balaban J connectivity index is 2.11. The smallest absolute Gasteiger partial charge is 0.310 e. The average molecular weight is 265 g/mol. The second-order valence-electron chi connectivity index (χ2n) is 5.22. The van der Waals surface area contributed by atoms with Gasteiger partial charge in [0.1, 0.15) is 5.92 Å². The third-order valence-electron chi connectivity index (χ3n) is 3.50. The van der Waals surface area contributed by atoms with Crippen LogP contribution in [0.3, 0.4) is 0 Å². The van der Waals surface area contributed by atoms with E-state index in [0.717, 1.165) is 5.56 Å². The maximum absolute atomic E-state index is 11.1. The molecule has 1 saturated heterocycles. The van der Waals surface area contributed by atoms with E-state index in [2.05, 4.69) is 23.8 Å². The fraction of sp³-hybridized carbons (Fsp3) is 0.615. The van der Waals surface area contributed by atoms with Gasteiger partial charge in [0.05, 0.1) is 6.10 Å². The molecule has 1 aromatic rings. The van der Waals surface area contributed by atoms with E-state index >= 15 is 0 Å². The molecule has 2 heterocycles. The summed E-state index contributed by atoms with van der Waals surface area (Å²) < 4.78 is 0. The maximum atomic E-state index is 11.1. The molecular formula is C13H19N3O3. The Bertz CT molecular complexity index is 447. The summed E-state index contributed by atoms with van der Waals surface area (Å²) in [5, 5.41) is 18.7. The van der Waals surface area contributed by atoms with Crippen LogP contribution >= 0.6 is 0 Å². The van der Waals surface area contributed by atoms with E-state index in [0.29, 0.717) is 24.8 Å². The fourth-order valence-corrected chi connectivity index (χ4v) is 2.16. The van der Waals surface area contributed by atoms with Crippen molar-refractivity contribution in [2.24, 2.45) is 5.92 Å². The number of anilines is 1. The summed E-state index contributed by atoms with van der Waals surface area (Å²) in [5.41, 5.74) is 1.05. The Morgan fingerprint density at radius 1 is 1.42 bits per heavy atom. The average Bonchev–Trinajstić information content (AvgIpc) is 2.39. The lowest BCUT2D eigenvalue weighted by molar-refractivity contribution is -0.146. The number of aromatic nitrogens is 2. The highest BCUT2D eigenvalue weighted by Crippen LogP contribution is 2.22. The molecule has 1 fully saturated rings. The van der Waals surface area contributed by atoms with Gasteiger partial charge in [-0.15, -0.1) is 0 Å². The molecule has 19 heavy (non-hydrogen) atoms. The number of piperidine rings is 1. The van der Waals surface area contributed by atoms with Crippen LogP contribution in [0.1, 0.15) is 31.7 Å². The molecule has 1 aliphatic rings. The van der Waals surface area contributed by atoms with E-state index in [-0.39, 0.29) is 6.54 Å². The van der Waals surface area contributed by atoms with E-state index in [4.69, 9.17) is 5.11 Å². The fourth-order valence-electron chi connectivity index (χ4n) is 2.16. The molecular weight excluding hydrogens is 246 g/mol. The summed E-state index contributed by atoms with van der Waals surface area (Å²) >= 11 is 0. The number of aliphatic hydroxyl groups excluding tert-OH is 1. The van der Waals surface area contributed by atoms with Gasteiger partial charge in [0.2, 0.25) is 5.95 Å². The number of hydrogen-bond acceptors (Lipinski definition) is 5. The molecule has 2 N–H and O–H groups in total. The Kier molecular flexibility index (Phi) is 3.99. The number of nitrogens with zero attached hydrogens (tertiary/aromatic N) is 3. The first kappa shape index (κ1) is 13.7. The van der Waals surface area contributed by atoms with Gasteiger partial charge in [0.25, 0.3) is 0 Å². The minimum absolute atomic E-state index is 0.248. The van der Waals surface area contributed by atoms with Gasteiger partial charge in [-0.3, -0.25) is 4.79 Å². The van der Waals surface area contributed by atoms with Crippen LogP contribution in [0.5, 0.6) is 0 Å². The minimum Gasteiger partial charge on any atom is -0.481 e. The van der Waals surface area contributed by atoms with Crippen molar-refractivity contribution in [2.75, 3.05) is 18.0 Å². The normalized spacial score (nSPS) is 23.7. The molecule has 6 heteroatoms. The van der Waals surface area contributed by atoms with Gasteiger partial charge in [0, 0.05) is 25.5 Å². The number of aliphatic hydroxyl groups is 1. The molecule has 0 aromatic carbocycles. The summed E-state index contributed by atoms with van der Waals surface area (Å²) in [6.07, 6.45) is 3.18. The Morgan fingerprint density at radius 3 is 2.58 bits per heavy atom. The first-order chi connectivity index (χ1) is 8.99. The Labute approximate surface area is 112 Å². The molecule has 2 rings (SSSR count). The van der Waals surface area contributed by atoms with Crippen LogP contribution < -0.4 is 4.90 Å². The standard InChI is InChI=1S/C13H19N3O3/c1-8(2)9-5-14-13(15-6-9)16-4-3-11(17)10(7-16)12(18)19/h5-6,8,10-11,17H,3-4,7H2,1-2H3,(H,18,19)/t10-,11-/m0/s1. The van der Waals surface area contributed by atoms with Gasteiger partial charge in [-0.1, -0.05) is 13.8 Å². The van der Waals surface area contributed by atoms with E-state index < -0.39 is 18.0 Å². The van der Waals surface area contributed by atoms with Crippen LogP contribution in [0.4, 0.5) is 5.95 Å². The first-order valence-corrected chi connectivity index (χ1v) is 6.46. The summed E-state index contributed by atoms with van der Waals surface area (Å²) in [5.74, 6) is -0.857. The molecule has 0 radical (unpaired) electrons. The number of carboxylic acid groups (broad SMARTS) is 1. The quantitative estimate of drug-likeness (QED) is 0.843. The summed E-state index contributed by atoms with van der Waals surface area (Å²) in [4.78, 5) is 21.4. The lowest BCUT2D eigenvalue weighted by Crippen LogP contribution is -2.47. The van der Waals surface area contributed by atoms with E-state index in [9.17, 15) is 9.90 Å². The third-order valence-corrected chi connectivity index (χ3v) is 3.50. The molecule has 2 atom stereocenters. The lowest BCUT2D eigenvalue weighted by Gasteiger charge is -2.33. The van der Waals surface area contributed by atoms with E-state index in [1.54, 1.807) is 12.4 Å². The summed E-state index contributed by atoms with van der Waals surface area (Å²) in [6, 6.07) is 0. The van der Waals surface area contributed by atoms with Crippen LogP contribution in [0.2, 0.25) is 0 Å². The van der Waals surface area contributed by atoms with Crippen molar-refractivity contribution in [1.29, 1.82) is 0 Å². The Hall–Kier alpha value is -1.69. The summed E-state index contributed by atoms with van der Waals surface area (Å²) in [6.45, 7) is 4.95. The number of carboxylic acids is 1. The zero-order valence-electron chi connectivity index (χ0n) is 11.2. The molecule has 1 aliphatic heterocycles. The molecule has 0 unspecified atom stereocenters. The second kappa shape index (κ2) is 5.52. The van der Waals surface area contributed by atoms with E-state index in [1.165, 1.54) is 0 Å². The van der Waals surface area contributed by atoms with Crippen LogP contribution in [0, 0.1) is 5.92 Å². The molecule has 0 spiro atoms. The van der Waals surface area contributed by atoms with Crippen molar-refractivity contribution in [3.8, 4) is 0 Å². The van der Waals surface area contributed by atoms with E-state index in [1.807, 2.05) is 4.90 Å². The maximum Gasteiger partial charge on any atom is 0.310 e. The first-order valence-electron chi connectivity index (χ1n) is 6.46. The van der Waals surface area contributed by atoms with Crippen molar-refractivity contribution >= 4 is 11.9 Å². The van der Waals surface area contributed by atoms with Crippen molar-refractivity contribution in [1.82, 2.24) is 9.97 Å². The zero-order valence-corrected chi connectivity index (χ0v) is 11.2. The van der Waals surface area contributed by atoms with Crippen molar-refractivity contribution in [2.45, 2.75) is 32.3 Å². The van der Waals surface area contributed by atoms with Crippen molar-refractivity contribution in [3.05, 3.63) is 18.0 Å². The SMILES string of the molecule is CC(C)c1cnc(N2CC[C@H](O)[C@@H](C(=O)O)C2)nc1. The van der Waals surface area contributed by atoms with Gasteiger partial charge < -0.3 is 15.1 Å². The lowest BCUT2D eigenvalue weighted by atomic mass is 9.95. The number of carbonyl (C=O) groups is 1. The molecule has 104 valence electrons. The molecule has 6 nitrogen and oxygen atoms in total. The highest BCUT2D eigenvalue weighted by Gasteiger charge is 2.33. The highest BCUT2D eigenvalue weighted by atomic mass is 16.4. The van der Waals surface area contributed by atoms with Gasteiger partial charge >= 0.3 is 5.97 Å². The van der Waals surface area contributed by atoms with Crippen LogP contribution in [0.15, 0.2) is 12.4 Å². The molecule has 0 amide bonds. The number of rotatable bonds is 3. The van der Waals surface area contributed by atoms with Crippen molar-refractivity contribution in [3.63, 3.8) is 0 Å². The molecule has 0 bridgehead atoms. The predicted molar refractivity (Wildman–Crippen MR) is 70.1 cm³/mol.